The lowest BCUT2D eigenvalue weighted by molar-refractivity contribution is -0.142. The number of rotatable bonds is 15. The van der Waals surface area contributed by atoms with Gasteiger partial charge in [-0.3, -0.25) is 14.4 Å². The Morgan fingerprint density at radius 1 is 0.640 bits per heavy atom. The van der Waals surface area contributed by atoms with E-state index in [9.17, 15) is 24.3 Å². The second-order valence-corrected chi connectivity index (χ2v) is 12.2. The van der Waals surface area contributed by atoms with Gasteiger partial charge in [0.05, 0.1) is 12.4 Å². The Morgan fingerprint density at radius 3 is 1.78 bits per heavy atom. The molecule has 0 bridgehead atoms. The summed E-state index contributed by atoms with van der Waals surface area (Å²) in [7, 11) is 0. The highest BCUT2D eigenvalue weighted by molar-refractivity contribution is 5.95. The van der Waals surface area contributed by atoms with Crippen molar-refractivity contribution >= 4 is 45.5 Å². The molecular weight excluding hydrogens is 636 g/mol. The molecule has 0 fully saturated rings. The quantitative estimate of drug-likeness (QED) is 0.0815. The fraction of sp³-hybridized carbons (Fsp3) is 0.216. The van der Waals surface area contributed by atoms with Crippen molar-refractivity contribution in [1.82, 2.24) is 35.9 Å². The van der Waals surface area contributed by atoms with Crippen LogP contribution in [0.25, 0.3) is 21.8 Å². The summed E-state index contributed by atoms with van der Waals surface area (Å²) >= 11 is 0. The topological polar surface area (TPSA) is 211 Å². The van der Waals surface area contributed by atoms with Crippen LogP contribution in [-0.4, -0.2) is 72.9 Å². The van der Waals surface area contributed by atoms with Gasteiger partial charge >= 0.3 is 5.97 Å². The monoisotopic (exact) mass is 674 g/mol. The predicted molar refractivity (Wildman–Crippen MR) is 188 cm³/mol. The number of nitrogens with zero attached hydrogens (tertiary/aromatic N) is 1. The standard InChI is InChI=1S/C37H38N8O5/c38-28(15-23-18-40-29-12-6-4-10-26(23)29)34(46)43-31(14-22-8-2-1-3-9-22)35(47)44-32(16-24-19-41-30-13-7-5-11-27(24)30)36(48)45-33(37(49)50)17-25-20-39-21-42-25/h1-13,18-21,28,31-33,40-41H,14-17,38H2,(H,39,42)(H,43,46)(H,44,47)(H,45,48)(H,49,50). The van der Waals surface area contributed by atoms with E-state index in [0.29, 0.717) is 5.69 Å². The van der Waals surface area contributed by atoms with Crippen LogP contribution in [0.15, 0.2) is 104 Å². The highest BCUT2D eigenvalue weighted by Gasteiger charge is 2.31. The summed E-state index contributed by atoms with van der Waals surface area (Å²) in [6.45, 7) is 0. The van der Waals surface area contributed by atoms with Crippen molar-refractivity contribution in [1.29, 1.82) is 0 Å². The van der Waals surface area contributed by atoms with Gasteiger partial charge in [-0.1, -0.05) is 66.7 Å². The number of H-pyrrole nitrogens is 3. The summed E-state index contributed by atoms with van der Waals surface area (Å²) in [5.74, 6) is -3.10. The number of nitrogens with two attached hydrogens (primary N) is 1. The summed E-state index contributed by atoms with van der Waals surface area (Å²) < 4.78 is 0. The van der Waals surface area contributed by atoms with Crippen LogP contribution in [0, 0.1) is 0 Å². The number of benzene rings is 3. The molecule has 3 aromatic heterocycles. The van der Waals surface area contributed by atoms with Gasteiger partial charge in [0.2, 0.25) is 17.7 Å². The molecule has 0 aliphatic carbocycles. The molecular formula is C37H38N8O5. The fourth-order valence-corrected chi connectivity index (χ4v) is 6.06. The van der Waals surface area contributed by atoms with Crippen LogP contribution in [0.1, 0.15) is 22.4 Å². The smallest absolute Gasteiger partial charge is 0.326 e. The summed E-state index contributed by atoms with van der Waals surface area (Å²) in [6, 6.07) is 19.8. The third-order valence-electron chi connectivity index (χ3n) is 8.69. The number of aromatic nitrogens is 4. The number of aliphatic carboxylic acids is 1. The van der Waals surface area contributed by atoms with Crippen LogP contribution >= 0.6 is 0 Å². The zero-order valence-electron chi connectivity index (χ0n) is 27.1. The first-order valence-corrected chi connectivity index (χ1v) is 16.3. The maximum Gasteiger partial charge on any atom is 0.326 e. The predicted octanol–water partition coefficient (Wildman–Crippen LogP) is 2.51. The Hall–Kier alpha value is -6.21. The summed E-state index contributed by atoms with van der Waals surface area (Å²) in [5.41, 5.74) is 11.1. The molecule has 256 valence electrons. The molecule has 0 spiro atoms. The summed E-state index contributed by atoms with van der Waals surface area (Å²) in [4.78, 5) is 66.8. The molecule has 3 aromatic carbocycles. The molecule has 0 aliphatic rings. The average molecular weight is 675 g/mol. The van der Waals surface area contributed by atoms with E-state index < -0.39 is 47.9 Å². The lowest BCUT2D eigenvalue weighted by atomic mass is 10.0. The summed E-state index contributed by atoms with van der Waals surface area (Å²) in [5, 5.41) is 20.0. The average Bonchev–Trinajstić information content (AvgIpc) is 3.89. The largest absolute Gasteiger partial charge is 0.480 e. The van der Waals surface area contributed by atoms with Crippen molar-refractivity contribution < 1.29 is 24.3 Å². The zero-order chi connectivity index (χ0) is 35.0. The van der Waals surface area contributed by atoms with Gasteiger partial charge in [-0.15, -0.1) is 0 Å². The van der Waals surface area contributed by atoms with E-state index in [1.54, 1.807) is 6.20 Å². The number of carboxylic acid groups (broad SMARTS) is 1. The van der Waals surface area contributed by atoms with E-state index in [1.807, 2.05) is 85.1 Å². The number of carboxylic acids is 1. The van der Waals surface area contributed by atoms with Crippen molar-refractivity contribution in [3.63, 3.8) is 0 Å². The number of amides is 3. The third kappa shape index (κ3) is 8.08. The van der Waals surface area contributed by atoms with Crippen LogP contribution < -0.4 is 21.7 Å². The normalized spacial score (nSPS) is 13.7. The van der Waals surface area contributed by atoms with Gasteiger partial charge in [-0.25, -0.2) is 9.78 Å². The van der Waals surface area contributed by atoms with Crippen LogP contribution in [0.5, 0.6) is 0 Å². The van der Waals surface area contributed by atoms with E-state index in [4.69, 9.17) is 5.73 Å². The zero-order valence-corrected chi connectivity index (χ0v) is 27.1. The molecule has 13 nitrogen and oxygen atoms in total. The number of fused-ring (bicyclic) bond motifs is 2. The maximum absolute atomic E-state index is 14.1. The summed E-state index contributed by atoms with van der Waals surface area (Å²) in [6.07, 6.45) is 6.82. The molecule has 4 atom stereocenters. The van der Waals surface area contributed by atoms with E-state index in [2.05, 4.69) is 35.9 Å². The first-order chi connectivity index (χ1) is 24.2. The minimum atomic E-state index is -1.30. The Kier molecular flexibility index (Phi) is 10.3. The molecule has 13 heteroatoms. The Bertz CT molecular complexity index is 2090. The number of imidazole rings is 1. The first kappa shape index (κ1) is 33.7. The van der Waals surface area contributed by atoms with Crippen LogP contribution in [0.4, 0.5) is 0 Å². The van der Waals surface area contributed by atoms with Crippen LogP contribution in [-0.2, 0) is 44.9 Å². The van der Waals surface area contributed by atoms with Gasteiger partial charge in [-0.05, 0) is 35.2 Å². The third-order valence-corrected chi connectivity index (χ3v) is 8.69. The minimum absolute atomic E-state index is 0.0457. The maximum atomic E-state index is 14.1. The molecule has 9 N–H and O–H groups in total. The SMILES string of the molecule is NC(Cc1c[nH]c2ccccc12)C(=O)NC(Cc1ccccc1)C(=O)NC(Cc1c[nH]c2ccccc12)C(=O)NC(Cc1cnc[nH]1)C(=O)O. The van der Waals surface area contributed by atoms with Gasteiger partial charge in [0, 0.05) is 65.4 Å². The van der Waals surface area contributed by atoms with E-state index >= 15 is 0 Å². The number of nitrogens with one attached hydrogen (secondary N) is 6. The first-order valence-electron chi connectivity index (χ1n) is 16.3. The van der Waals surface area contributed by atoms with E-state index in [1.165, 1.54) is 12.5 Å². The number of hydrogen-bond donors (Lipinski definition) is 8. The van der Waals surface area contributed by atoms with Crippen molar-refractivity contribution in [2.45, 2.75) is 49.9 Å². The highest BCUT2D eigenvalue weighted by atomic mass is 16.4. The van der Waals surface area contributed by atoms with Crippen molar-refractivity contribution in [3.05, 3.63) is 126 Å². The highest BCUT2D eigenvalue weighted by Crippen LogP contribution is 2.21. The van der Waals surface area contributed by atoms with Gasteiger partial charge in [0.1, 0.15) is 18.1 Å². The van der Waals surface area contributed by atoms with Gasteiger partial charge in [0.25, 0.3) is 0 Å². The number of carbonyl (C=O) groups excluding carboxylic acids is 3. The molecule has 4 unspecified atom stereocenters. The molecule has 0 saturated heterocycles. The fourth-order valence-electron chi connectivity index (χ4n) is 6.06. The number of hydrogen-bond acceptors (Lipinski definition) is 6. The van der Waals surface area contributed by atoms with Gasteiger partial charge in [0.15, 0.2) is 0 Å². The lowest BCUT2D eigenvalue weighted by Crippen LogP contribution is -2.58. The molecule has 6 aromatic rings. The van der Waals surface area contributed by atoms with Crippen LogP contribution in [0.2, 0.25) is 0 Å². The van der Waals surface area contributed by atoms with Crippen molar-refractivity contribution in [2.24, 2.45) is 5.73 Å². The molecule has 50 heavy (non-hydrogen) atoms. The van der Waals surface area contributed by atoms with Crippen molar-refractivity contribution in [3.8, 4) is 0 Å². The van der Waals surface area contributed by atoms with Crippen molar-refractivity contribution in [2.75, 3.05) is 0 Å². The minimum Gasteiger partial charge on any atom is -0.480 e. The molecule has 3 amide bonds. The van der Waals surface area contributed by atoms with Crippen LogP contribution in [0.3, 0.4) is 0 Å². The molecule has 0 radical (unpaired) electrons. The van der Waals surface area contributed by atoms with E-state index in [0.717, 1.165) is 38.5 Å². The molecule has 6 rings (SSSR count). The molecule has 3 heterocycles. The Labute approximate surface area is 287 Å². The lowest BCUT2D eigenvalue weighted by Gasteiger charge is -2.25. The van der Waals surface area contributed by atoms with Gasteiger partial charge < -0.3 is 41.7 Å². The number of aromatic amines is 3. The van der Waals surface area contributed by atoms with E-state index in [-0.39, 0.29) is 25.7 Å². The molecule has 0 saturated carbocycles. The Balaban J connectivity index is 1.23. The number of para-hydroxylation sites is 2. The molecule has 0 aliphatic heterocycles. The van der Waals surface area contributed by atoms with Gasteiger partial charge in [-0.2, -0.15) is 0 Å². The number of carbonyl (C=O) groups is 4. The Morgan fingerprint density at radius 2 is 1.18 bits per heavy atom. The second-order valence-electron chi connectivity index (χ2n) is 12.2. The second kappa shape index (κ2) is 15.3.